The van der Waals surface area contributed by atoms with Gasteiger partial charge in [-0.25, -0.2) is 9.97 Å². The Balaban J connectivity index is 2.23. The Bertz CT molecular complexity index is 396. The van der Waals surface area contributed by atoms with Crippen molar-refractivity contribution >= 4 is 11.6 Å². The molecular weight excluding hydrogens is 212 g/mol. The monoisotopic (exact) mass is 234 g/mol. The van der Waals surface area contributed by atoms with E-state index in [1.165, 1.54) is 12.8 Å². The zero-order valence-electron chi connectivity index (χ0n) is 11.2. The Labute approximate surface area is 103 Å². The number of rotatable bonds is 5. The third-order valence-corrected chi connectivity index (χ3v) is 3.05. The van der Waals surface area contributed by atoms with Crippen LogP contribution < -0.4 is 10.6 Å². The average Bonchev–Trinajstić information content (AvgIpc) is 2.96. The van der Waals surface area contributed by atoms with Gasteiger partial charge in [0, 0.05) is 24.1 Å². The van der Waals surface area contributed by atoms with E-state index in [-0.39, 0.29) is 5.54 Å². The van der Waals surface area contributed by atoms with Crippen LogP contribution in [0.25, 0.3) is 0 Å². The van der Waals surface area contributed by atoms with Crippen LogP contribution in [-0.4, -0.2) is 22.1 Å². The Morgan fingerprint density at radius 3 is 2.47 bits per heavy atom. The van der Waals surface area contributed by atoms with Crippen LogP contribution in [0.4, 0.5) is 11.6 Å². The van der Waals surface area contributed by atoms with Gasteiger partial charge in [0.2, 0.25) is 0 Å². The predicted molar refractivity (Wildman–Crippen MR) is 71.5 cm³/mol. The van der Waals surface area contributed by atoms with Crippen LogP contribution in [0.5, 0.6) is 0 Å². The van der Waals surface area contributed by atoms with Gasteiger partial charge < -0.3 is 10.6 Å². The van der Waals surface area contributed by atoms with Gasteiger partial charge in [0.1, 0.15) is 17.5 Å². The lowest BCUT2D eigenvalue weighted by molar-refractivity contribution is 0.762. The van der Waals surface area contributed by atoms with Crippen LogP contribution in [0.3, 0.4) is 0 Å². The second-order valence-corrected chi connectivity index (χ2v) is 5.37. The largest absolute Gasteiger partial charge is 0.370 e. The standard InChI is InChI=1S/C13H22N4/c1-5-14-10-8-11(17-13(4)6-7-13)16-12(15-10)9(2)3/h8-9H,5-7H2,1-4H3,(H2,14,15,16,17). The molecule has 0 aromatic carbocycles. The molecule has 1 saturated carbocycles. The number of aromatic nitrogens is 2. The van der Waals surface area contributed by atoms with Crippen molar-refractivity contribution in [2.24, 2.45) is 0 Å². The Morgan fingerprint density at radius 1 is 1.29 bits per heavy atom. The van der Waals surface area contributed by atoms with Crippen LogP contribution in [0.1, 0.15) is 52.3 Å². The maximum absolute atomic E-state index is 4.58. The number of hydrogen-bond acceptors (Lipinski definition) is 4. The normalized spacial score (nSPS) is 17.0. The minimum atomic E-state index is 0.256. The van der Waals surface area contributed by atoms with E-state index in [1.807, 2.05) is 6.07 Å². The highest BCUT2D eigenvalue weighted by atomic mass is 15.1. The summed E-state index contributed by atoms with van der Waals surface area (Å²) in [4.78, 5) is 9.09. The molecule has 1 aromatic heterocycles. The zero-order chi connectivity index (χ0) is 12.5. The molecule has 0 spiro atoms. The Kier molecular flexibility index (Phi) is 3.22. The van der Waals surface area contributed by atoms with E-state index < -0.39 is 0 Å². The molecular formula is C13H22N4. The van der Waals surface area contributed by atoms with Crippen LogP contribution >= 0.6 is 0 Å². The van der Waals surface area contributed by atoms with Crippen LogP contribution in [-0.2, 0) is 0 Å². The molecule has 1 aromatic rings. The van der Waals surface area contributed by atoms with Crippen LogP contribution in [0, 0.1) is 0 Å². The highest BCUT2D eigenvalue weighted by Crippen LogP contribution is 2.38. The molecule has 0 amide bonds. The van der Waals surface area contributed by atoms with Crippen LogP contribution in [0.2, 0.25) is 0 Å². The van der Waals surface area contributed by atoms with E-state index in [1.54, 1.807) is 0 Å². The van der Waals surface area contributed by atoms with E-state index in [9.17, 15) is 0 Å². The summed E-state index contributed by atoms with van der Waals surface area (Å²) in [5.41, 5.74) is 0.256. The Hall–Kier alpha value is -1.32. The average molecular weight is 234 g/mol. The summed E-state index contributed by atoms with van der Waals surface area (Å²) < 4.78 is 0. The summed E-state index contributed by atoms with van der Waals surface area (Å²) in [5, 5.41) is 6.75. The van der Waals surface area contributed by atoms with Gasteiger partial charge in [0.15, 0.2) is 0 Å². The minimum Gasteiger partial charge on any atom is -0.370 e. The molecule has 0 aliphatic heterocycles. The summed E-state index contributed by atoms with van der Waals surface area (Å²) in [5.74, 6) is 3.11. The molecule has 2 N–H and O–H groups in total. The molecule has 1 aliphatic rings. The lowest BCUT2D eigenvalue weighted by atomic mass is 10.2. The van der Waals surface area contributed by atoms with Crippen molar-refractivity contribution in [2.75, 3.05) is 17.2 Å². The molecule has 0 bridgehead atoms. The first-order valence-electron chi connectivity index (χ1n) is 6.43. The lowest BCUT2D eigenvalue weighted by Crippen LogP contribution is -2.18. The summed E-state index contributed by atoms with van der Waals surface area (Å²) in [7, 11) is 0. The van der Waals surface area contributed by atoms with Gasteiger partial charge in [-0.15, -0.1) is 0 Å². The van der Waals surface area contributed by atoms with Crippen molar-refractivity contribution in [3.05, 3.63) is 11.9 Å². The van der Waals surface area contributed by atoms with Gasteiger partial charge in [-0.05, 0) is 26.7 Å². The topological polar surface area (TPSA) is 49.8 Å². The summed E-state index contributed by atoms with van der Waals surface area (Å²) in [6.45, 7) is 9.43. The lowest BCUT2D eigenvalue weighted by Gasteiger charge is -2.15. The van der Waals surface area contributed by atoms with Gasteiger partial charge in [-0.1, -0.05) is 13.8 Å². The van der Waals surface area contributed by atoms with Gasteiger partial charge >= 0.3 is 0 Å². The van der Waals surface area contributed by atoms with E-state index in [0.717, 1.165) is 24.0 Å². The molecule has 2 rings (SSSR count). The van der Waals surface area contributed by atoms with E-state index >= 15 is 0 Å². The number of nitrogens with zero attached hydrogens (tertiary/aromatic N) is 2. The predicted octanol–water partition coefficient (Wildman–Crippen LogP) is 3.00. The molecule has 0 atom stereocenters. The molecule has 94 valence electrons. The third-order valence-electron chi connectivity index (χ3n) is 3.05. The second-order valence-electron chi connectivity index (χ2n) is 5.37. The SMILES string of the molecule is CCNc1cc(NC2(C)CC2)nc(C(C)C)n1. The summed E-state index contributed by atoms with van der Waals surface area (Å²) in [6, 6.07) is 2.00. The molecule has 0 unspecified atom stereocenters. The van der Waals surface area contributed by atoms with Gasteiger partial charge in [-0.2, -0.15) is 0 Å². The molecule has 1 fully saturated rings. The number of nitrogens with one attached hydrogen (secondary N) is 2. The van der Waals surface area contributed by atoms with Crippen molar-refractivity contribution in [1.29, 1.82) is 0 Å². The highest BCUT2D eigenvalue weighted by Gasteiger charge is 2.37. The first-order valence-corrected chi connectivity index (χ1v) is 6.43. The second kappa shape index (κ2) is 4.51. The first kappa shape index (κ1) is 12.1. The quantitative estimate of drug-likeness (QED) is 0.822. The fourth-order valence-corrected chi connectivity index (χ4v) is 1.68. The zero-order valence-corrected chi connectivity index (χ0v) is 11.2. The number of hydrogen-bond donors (Lipinski definition) is 2. The van der Waals surface area contributed by atoms with E-state index in [4.69, 9.17) is 0 Å². The maximum atomic E-state index is 4.58. The molecule has 0 saturated heterocycles. The fraction of sp³-hybridized carbons (Fsp3) is 0.692. The fourth-order valence-electron chi connectivity index (χ4n) is 1.68. The highest BCUT2D eigenvalue weighted by molar-refractivity contribution is 5.50. The molecule has 4 heteroatoms. The summed E-state index contributed by atoms with van der Waals surface area (Å²) in [6.07, 6.45) is 2.45. The first-order chi connectivity index (χ1) is 8.02. The van der Waals surface area contributed by atoms with Crippen molar-refractivity contribution < 1.29 is 0 Å². The van der Waals surface area contributed by atoms with E-state index in [0.29, 0.717) is 5.92 Å². The third kappa shape index (κ3) is 3.08. The number of anilines is 2. The molecule has 4 nitrogen and oxygen atoms in total. The smallest absolute Gasteiger partial charge is 0.135 e. The maximum Gasteiger partial charge on any atom is 0.135 e. The minimum absolute atomic E-state index is 0.256. The van der Waals surface area contributed by atoms with Gasteiger partial charge in [0.05, 0.1) is 0 Å². The van der Waals surface area contributed by atoms with Crippen molar-refractivity contribution in [3.8, 4) is 0 Å². The van der Waals surface area contributed by atoms with Crippen molar-refractivity contribution in [2.45, 2.75) is 52.0 Å². The van der Waals surface area contributed by atoms with Crippen molar-refractivity contribution in [3.63, 3.8) is 0 Å². The van der Waals surface area contributed by atoms with Gasteiger partial charge in [0.25, 0.3) is 0 Å². The molecule has 17 heavy (non-hydrogen) atoms. The van der Waals surface area contributed by atoms with Gasteiger partial charge in [-0.3, -0.25) is 0 Å². The molecule has 1 heterocycles. The Morgan fingerprint density at radius 2 is 1.94 bits per heavy atom. The van der Waals surface area contributed by atoms with E-state index in [2.05, 4.69) is 48.3 Å². The molecule has 0 radical (unpaired) electrons. The van der Waals surface area contributed by atoms with Crippen molar-refractivity contribution in [1.82, 2.24) is 9.97 Å². The summed E-state index contributed by atoms with van der Waals surface area (Å²) >= 11 is 0. The molecule has 1 aliphatic carbocycles. The van der Waals surface area contributed by atoms with Crippen LogP contribution in [0.15, 0.2) is 6.07 Å².